The zero-order valence-electron chi connectivity index (χ0n) is 15.3. The van der Waals surface area contributed by atoms with E-state index < -0.39 is 0 Å². The van der Waals surface area contributed by atoms with Gasteiger partial charge in [-0.15, -0.1) is 0 Å². The highest BCUT2D eigenvalue weighted by molar-refractivity contribution is 5.94. The van der Waals surface area contributed by atoms with Gasteiger partial charge in [-0.1, -0.05) is 43.2 Å². The predicted molar refractivity (Wildman–Crippen MR) is 103 cm³/mol. The van der Waals surface area contributed by atoms with Crippen LogP contribution in [0.1, 0.15) is 54.1 Å². The Morgan fingerprint density at radius 3 is 2.33 bits per heavy atom. The maximum Gasteiger partial charge on any atom is 0.251 e. The van der Waals surface area contributed by atoms with E-state index in [1.54, 1.807) is 36.4 Å². The SMILES string of the molecule is O=C(CCNC(=O)c1ccccc1)NC(c1ccc(F)cc1)C1CCCC1. The summed E-state index contributed by atoms with van der Waals surface area (Å²) < 4.78 is 13.2. The molecule has 0 spiro atoms. The van der Waals surface area contributed by atoms with Crippen LogP contribution in [0.4, 0.5) is 4.39 Å². The van der Waals surface area contributed by atoms with Crippen molar-refractivity contribution in [1.29, 1.82) is 0 Å². The van der Waals surface area contributed by atoms with Crippen molar-refractivity contribution in [3.63, 3.8) is 0 Å². The molecule has 0 radical (unpaired) electrons. The molecule has 1 aliphatic carbocycles. The van der Waals surface area contributed by atoms with Gasteiger partial charge in [0.1, 0.15) is 5.82 Å². The summed E-state index contributed by atoms with van der Waals surface area (Å²) >= 11 is 0. The Morgan fingerprint density at radius 1 is 1.00 bits per heavy atom. The third-order valence-electron chi connectivity index (χ3n) is 5.09. The highest BCUT2D eigenvalue weighted by Crippen LogP contribution is 2.35. The Balaban J connectivity index is 1.54. The molecule has 2 aromatic carbocycles. The largest absolute Gasteiger partial charge is 0.352 e. The normalized spacial score (nSPS) is 15.3. The Bertz CT molecular complexity index is 756. The summed E-state index contributed by atoms with van der Waals surface area (Å²) in [6.45, 7) is 0.278. The minimum atomic E-state index is -0.279. The summed E-state index contributed by atoms with van der Waals surface area (Å²) in [5.41, 5.74) is 1.51. The number of nitrogens with one attached hydrogen (secondary N) is 2. The zero-order chi connectivity index (χ0) is 19.1. The number of carbonyl (C=O) groups is 2. The summed E-state index contributed by atoms with van der Waals surface area (Å²) in [4.78, 5) is 24.5. The Hall–Kier alpha value is -2.69. The van der Waals surface area contributed by atoms with Gasteiger partial charge in [-0.3, -0.25) is 9.59 Å². The third-order valence-corrected chi connectivity index (χ3v) is 5.09. The maximum absolute atomic E-state index is 13.2. The fourth-order valence-electron chi connectivity index (χ4n) is 3.66. The molecule has 0 saturated heterocycles. The molecule has 2 aromatic rings. The molecule has 4 nitrogen and oxygen atoms in total. The number of hydrogen-bond donors (Lipinski definition) is 2. The molecular weight excluding hydrogens is 343 g/mol. The van der Waals surface area contributed by atoms with E-state index in [4.69, 9.17) is 0 Å². The molecule has 0 heterocycles. The third kappa shape index (κ3) is 5.39. The number of benzene rings is 2. The number of halogens is 1. The van der Waals surface area contributed by atoms with Gasteiger partial charge >= 0.3 is 0 Å². The number of hydrogen-bond acceptors (Lipinski definition) is 2. The van der Waals surface area contributed by atoms with Crippen LogP contribution in [-0.2, 0) is 4.79 Å². The van der Waals surface area contributed by atoms with Crippen LogP contribution in [-0.4, -0.2) is 18.4 Å². The summed E-state index contributed by atoms with van der Waals surface area (Å²) in [6.07, 6.45) is 4.65. The lowest BCUT2D eigenvalue weighted by Gasteiger charge is -2.25. The molecule has 1 unspecified atom stereocenters. The van der Waals surface area contributed by atoms with Gasteiger partial charge in [0, 0.05) is 18.5 Å². The highest BCUT2D eigenvalue weighted by atomic mass is 19.1. The quantitative estimate of drug-likeness (QED) is 0.776. The monoisotopic (exact) mass is 368 g/mol. The summed E-state index contributed by atoms with van der Waals surface area (Å²) in [5, 5.41) is 5.87. The van der Waals surface area contributed by atoms with Crippen LogP contribution in [0.5, 0.6) is 0 Å². The molecule has 0 aliphatic heterocycles. The summed E-state index contributed by atoms with van der Waals surface area (Å²) in [7, 11) is 0. The van der Waals surface area contributed by atoms with E-state index in [1.165, 1.54) is 12.1 Å². The number of carbonyl (C=O) groups excluding carboxylic acids is 2. The van der Waals surface area contributed by atoms with E-state index in [9.17, 15) is 14.0 Å². The van der Waals surface area contributed by atoms with Crippen molar-refractivity contribution in [3.05, 3.63) is 71.5 Å². The zero-order valence-corrected chi connectivity index (χ0v) is 15.3. The summed E-state index contributed by atoms with van der Waals surface area (Å²) in [6, 6.07) is 15.2. The fraction of sp³-hybridized carbons (Fsp3) is 0.364. The Morgan fingerprint density at radius 2 is 1.67 bits per heavy atom. The molecule has 2 amide bonds. The van der Waals surface area contributed by atoms with Gasteiger partial charge in [0.25, 0.3) is 5.91 Å². The Kier molecular flexibility index (Phi) is 6.58. The van der Waals surface area contributed by atoms with Crippen LogP contribution in [0, 0.1) is 11.7 Å². The van der Waals surface area contributed by atoms with E-state index in [2.05, 4.69) is 10.6 Å². The smallest absolute Gasteiger partial charge is 0.251 e. The second-order valence-corrected chi connectivity index (χ2v) is 7.01. The van der Waals surface area contributed by atoms with Gasteiger partial charge in [-0.25, -0.2) is 4.39 Å². The minimum Gasteiger partial charge on any atom is -0.352 e. The van der Waals surface area contributed by atoms with Crippen molar-refractivity contribution in [3.8, 4) is 0 Å². The van der Waals surface area contributed by atoms with Crippen molar-refractivity contribution in [1.82, 2.24) is 10.6 Å². The number of amides is 2. The van der Waals surface area contributed by atoms with Crippen LogP contribution in [0.25, 0.3) is 0 Å². The van der Waals surface area contributed by atoms with Crippen LogP contribution < -0.4 is 10.6 Å². The van der Waals surface area contributed by atoms with Gasteiger partial charge in [-0.2, -0.15) is 0 Å². The molecule has 3 rings (SSSR count). The highest BCUT2D eigenvalue weighted by Gasteiger charge is 2.27. The van der Waals surface area contributed by atoms with Crippen molar-refractivity contribution in [2.75, 3.05) is 6.54 Å². The molecule has 5 heteroatoms. The van der Waals surface area contributed by atoms with E-state index in [1.807, 2.05) is 6.07 Å². The molecule has 1 fully saturated rings. The van der Waals surface area contributed by atoms with E-state index in [0.717, 1.165) is 31.2 Å². The molecule has 2 N–H and O–H groups in total. The Labute approximate surface area is 159 Å². The standard InChI is InChI=1S/C22H25FN2O2/c23-19-12-10-17(11-13-19)21(16-6-4-5-7-16)25-20(26)14-15-24-22(27)18-8-2-1-3-9-18/h1-3,8-13,16,21H,4-7,14-15H2,(H,24,27)(H,25,26). The van der Waals surface area contributed by atoms with E-state index >= 15 is 0 Å². The average molecular weight is 368 g/mol. The van der Waals surface area contributed by atoms with Crippen LogP contribution in [0.2, 0.25) is 0 Å². The molecule has 142 valence electrons. The van der Waals surface area contributed by atoms with Crippen molar-refractivity contribution >= 4 is 11.8 Å². The lowest BCUT2D eigenvalue weighted by molar-refractivity contribution is -0.122. The first kappa shape index (κ1) is 19.1. The second-order valence-electron chi connectivity index (χ2n) is 7.01. The van der Waals surface area contributed by atoms with Crippen LogP contribution >= 0.6 is 0 Å². The van der Waals surface area contributed by atoms with Gasteiger partial charge in [-0.05, 0) is 48.6 Å². The van der Waals surface area contributed by atoms with E-state index in [-0.39, 0.29) is 36.6 Å². The minimum absolute atomic E-state index is 0.106. The fourth-order valence-corrected chi connectivity index (χ4v) is 3.66. The molecule has 27 heavy (non-hydrogen) atoms. The average Bonchev–Trinajstić information content (AvgIpc) is 3.22. The molecule has 0 aromatic heterocycles. The van der Waals surface area contributed by atoms with E-state index in [0.29, 0.717) is 11.5 Å². The molecule has 0 bridgehead atoms. The van der Waals surface area contributed by atoms with Crippen molar-refractivity contribution in [2.45, 2.75) is 38.1 Å². The van der Waals surface area contributed by atoms with Gasteiger partial charge in [0.2, 0.25) is 5.91 Å². The molecular formula is C22H25FN2O2. The van der Waals surface area contributed by atoms with Crippen LogP contribution in [0.3, 0.4) is 0 Å². The molecule has 1 aliphatic rings. The second kappa shape index (κ2) is 9.31. The predicted octanol–water partition coefficient (Wildman–Crippen LogP) is 3.99. The molecule has 1 saturated carbocycles. The van der Waals surface area contributed by atoms with Gasteiger partial charge in [0.15, 0.2) is 0 Å². The van der Waals surface area contributed by atoms with Gasteiger partial charge in [0.05, 0.1) is 6.04 Å². The van der Waals surface area contributed by atoms with Crippen molar-refractivity contribution in [2.24, 2.45) is 5.92 Å². The van der Waals surface area contributed by atoms with Crippen molar-refractivity contribution < 1.29 is 14.0 Å². The molecule has 1 atom stereocenters. The topological polar surface area (TPSA) is 58.2 Å². The maximum atomic E-state index is 13.2. The van der Waals surface area contributed by atoms with Gasteiger partial charge < -0.3 is 10.6 Å². The first-order valence-electron chi connectivity index (χ1n) is 9.51. The first-order chi connectivity index (χ1) is 13.1. The summed E-state index contributed by atoms with van der Waals surface area (Å²) in [5.74, 6) is -0.198. The first-order valence-corrected chi connectivity index (χ1v) is 9.51. The number of rotatable bonds is 7. The lowest BCUT2D eigenvalue weighted by atomic mass is 9.91. The lowest BCUT2D eigenvalue weighted by Crippen LogP contribution is -2.35. The van der Waals surface area contributed by atoms with Crippen LogP contribution in [0.15, 0.2) is 54.6 Å².